The van der Waals surface area contributed by atoms with Crippen molar-refractivity contribution in [2.75, 3.05) is 19.0 Å². The average molecular weight is 953 g/mol. The summed E-state index contributed by atoms with van der Waals surface area (Å²) in [7, 11) is -4.61. The summed E-state index contributed by atoms with van der Waals surface area (Å²) in [6.45, 7) is 3.62. The molecule has 0 aromatic rings. The van der Waals surface area contributed by atoms with Crippen molar-refractivity contribution in [1.82, 2.24) is 0 Å². The largest absolute Gasteiger partial charge is 0.462 e. The fourth-order valence-corrected chi connectivity index (χ4v) is 8.28. The zero-order chi connectivity index (χ0) is 48.4. The third-order valence-corrected chi connectivity index (χ3v) is 12.3. The summed E-state index contributed by atoms with van der Waals surface area (Å²) in [4.78, 5) is 25.5. The lowest BCUT2D eigenvalue weighted by Crippen LogP contribution is -2.60. The highest BCUT2D eigenvalue weighted by atomic mass is 32.2. The summed E-state index contributed by atoms with van der Waals surface area (Å²) in [5.74, 6) is -2.06. The van der Waals surface area contributed by atoms with Gasteiger partial charge in [-0.1, -0.05) is 177 Å². The van der Waals surface area contributed by atoms with Crippen LogP contribution in [0.4, 0.5) is 0 Å². The highest BCUT2D eigenvalue weighted by Crippen LogP contribution is 2.24. The van der Waals surface area contributed by atoms with E-state index in [1.165, 1.54) is 89.9 Å². The zero-order valence-corrected chi connectivity index (χ0v) is 41.9. The molecular weight excluding hydrogens is 861 g/mol. The summed E-state index contributed by atoms with van der Waals surface area (Å²) in [6, 6.07) is 0. The first-order valence-corrected chi connectivity index (χ1v) is 27.5. The molecule has 0 aromatic heterocycles. The zero-order valence-electron chi connectivity index (χ0n) is 41.0. The van der Waals surface area contributed by atoms with Crippen LogP contribution in [0, 0.1) is 0 Å². The first-order chi connectivity index (χ1) is 32.0. The molecule has 1 aliphatic rings. The van der Waals surface area contributed by atoms with E-state index in [0.717, 1.165) is 70.6 Å². The maximum absolute atomic E-state index is 12.8. The van der Waals surface area contributed by atoms with Crippen molar-refractivity contribution < 1.29 is 56.8 Å². The van der Waals surface area contributed by atoms with Crippen LogP contribution in [-0.4, -0.2) is 96.0 Å². The Morgan fingerprint density at radius 2 is 0.985 bits per heavy atom. The van der Waals surface area contributed by atoms with Crippen LogP contribution in [0.25, 0.3) is 0 Å². The lowest BCUT2D eigenvalue weighted by Gasteiger charge is -2.40. The van der Waals surface area contributed by atoms with Crippen LogP contribution in [0.2, 0.25) is 0 Å². The Balaban J connectivity index is 2.38. The Morgan fingerprint density at radius 3 is 1.53 bits per heavy atom. The fourth-order valence-electron chi connectivity index (χ4n) is 7.59. The molecule has 6 atom stereocenters. The predicted octanol–water partition coefficient (Wildman–Crippen LogP) is 11.7. The van der Waals surface area contributed by atoms with E-state index < -0.39 is 71.2 Å². The van der Waals surface area contributed by atoms with Crippen molar-refractivity contribution in [3.05, 3.63) is 60.8 Å². The fraction of sp³-hybridized carbons (Fsp3) is 0.774. The summed E-state index contributed by atoms with van der Waals surface area (Å²) in [5.41, 5.74) is 0. The molecule has 0 spiro atoms. The molecule has 1 rings (SSSR count). The van der Waals surface area contributed by atoms with Gasteiger partial charge in [-0.25, -0.2) is 0 Å². The van der Waals surface area contributed by atoms with Gasteiger partial charge in [-0.05, 0) is 77.0 Å². The third kappa shape index (κ3) is 36.4. The Bertz CT molecular complexity index is 1440. The van der Waals surface area contributed by atoms with Gasteiger partial charge in [0.2, 0.25) is 0 Å². The van der Waals surface area contributed by atoms with E-state index in [1.54, 1.807) is 0 Å². The monoisotopic (exact) mass is 953 g/mol. The van der Waals surface area contributed by atoms with Gasteiger partial charge in [-0.15, -0.1) is 0 Å². The van der Waals surface area contributed by atoms with E-state index in [4.69, 9.17) is 18.9 Å². The number of hydrogen-bond acceptors (Lipinski definition) is 11. The minimum absolute atomic E-state index is 0.135. The van der Waals surface area contributed by atoms with Crippen LogP contribution in [0.3, 0.4) is 0 Å². The third-order valence-electron chi connectivity index (χ3n) is 11.6. The van der Waals surface area contributed by atoms with E-state index in [0.29, 0.717) is 19.3 Å². The smallest absolute Gasteiger partial charge is 0.306 e. The number of aliphatic hydroxyl groups is 3. The summed E-state index contributed by atoms with van der Waals surface area (Å²) in [6.07, 6.45) is 44.2. The van der Waals surface area contributed by atoms with E-state index in [2.05, 4.69) is 74.6 Å². The van der Waals surface area contributed by atoms with Crippen LogP contribution in [0.5, 0.6) is 0 Å². The van der Waals surface area contributed by atoms with Crippen LogP contribution in [0.15, 0.2) is 60.8 Å². The molecule has 66 heavy (non-hydrogen) atoms. The van der Waals surface area contributed by atoms with E-state index in [9.17, 15) is 37.9 Å². The molecule has 4 N–H and O–H groups in total. The van der Waals surface area contributed by atoms with Gasteiger partial charge >= 0.3 is 11.9 Å². The normalized spacial score (nSPS) is 19.9. The van der Waals surface area contributed by atoms with Gasteiger partial charge in [0.25, 0.3) is 10.1 Å². The predicted molar refractivity (Wildman–Crippen MR) is 265 cm³/mol. The maximum Gasteiger partial charge on any atom is 0.306 e. The highest BCUT2D eigenvalue weighted by Gasteiger charge is 2.46. The number of rotatable bonds is 43. The summed E-state index contributed by atoms with van der Waals surface area (Å²) in [5, 5.41) is 30.9. The molecule has 1 saturated heterocycles. The van der Waals surface area contributed by atoms with Gasteiger partial charge < -0.3 is 34.3 Å². The Labute approximate surface area is 400 Å². The molecule has 1 heterocycles. The maximum atomic E-state index is 12.8. The minimum Gasteiger partial charge on any atom is -0.462 e. The van der Waals surface area contributed by atoms with Gasteiger partial charge in [0, 0.05) is 12.8 Å². The molecule has 0 aromatic carbocycles. The Kier molecular flexibility index (Phi) is 39.5. The molecule has 1 fully saturated rings. The number of hydrogen-bond donors (Lipinski definition) is 4. The molecular formula is C53H92O12S. The van der Waals surface area contributed by atoms with Gasteiger partial charge in [-0.2, -0.15) is 8.42 Å². The van der Waals surface area contributed by atoms with Gasteiger partial charge in [0.1, 0.15) is 36.8 Å². The minimum atomic E-state index is -4.61. The quantitative estimate of drug-likeness (QED) is 0.0196. The molecule has 0 saturated carbocycles. The lowest BCUT2D eigenvalue weighted by molar-refractivity contribution is -0.297. The molecule has 0 bridgehead atoms. The number of allylic oxidation sites excluding steroid dienone is 10. The first kappa shape index (κ1) is 61.4. The van der Waals surface area contributed by atoms with Crippen molar-refractivity contribution in [3.8, 4) is 0 Å². The van der Waals surface area contributed by atoms with Crippen LogP contribution in [0.1, 0.15) is 206 Å². The van der Waals surface area contributed by atoms with Gasteiger partial charge in [0.05, 0.1) is 6.61 Å². The Morgan fingerprint density at radius 1 is 0.530 bits per heavy atom. The molecule has 13 heteroatoms. The SMILES string of the molecule is CC/C=C/C/C=C/C/C=C/CCCCCCCC(=O)O[C@H](COC(=O)CCC/C=C/CC/C=C/CCCCCCCCCCCCCCCC)CO[C@H]1O[C@H](CS(=O)(=O)O)[C@@H](O)C(O)C1O. The van der Waals surface area contributed by atoms with E-state index in [-0.39, 0.29) is 19.4 Å². The van der Waals surface area contributed by atoms with Crippen LogP contribution < -0.4 is 0 Å². The van der Waals surface area contributed by atoms with Crippen LogP contribution >= 0.6 is 0 Å². The Hall–Kier alpha value is -2.65. The number of aliphatic hydroxyl groups excluding tert-OH is 3. The second-order valence-corrected chi connectivity index (χ2v) is 19.3. The summed E-state index contributed by atoms with van der Waals surface area (Å²) < 4.78 is 54.1. The first-order valence-electron chi connectivity index (χ1n) is 25.8. The number of carbonyl (C=O) groups is 2. The molecule has 1 aliphatic heterocycles. The van der Waals surface area contributed by atoms with Crippen molar-refractivity contribution in [1.29, 1.82) is 0 Å². The van der Waals surface area contributed by atoms with Gasteiger partial charge in [-0.3, -0.25) is 14.1 Å². The standard InChI is InChI=1S/C53H92O12S/c1-3-5-7-9-11-13-15-17-19-20-21-22-23-24-25-26-28-29-31-33-35-37-39-41-48(54)62-43-46(44-63-53-52(58)51(57)50(56)47(65-53)45-66(59,60)61)64-49(55)42-40-38-36-34-32-30-27-18-16-14-12-10-8-6-4-2/h6,8,12,14,18,26-28,33,35,46-47,50-53,56-58H,3-5,7,9-11,13,15-17,19-25,29-32,34,36-45H2,1-2H3,(H,59,60,61)/b8-6+,14-12+,27-18+,28-26+,35-33+/t46-,47-,50-,51?,52?,53+/m1/s1. The molecule has 12 nitrogen and oxygen atoms in total. The molecule has 2 unspecified atom stereocenters. The second-order valence-electron chi connectivity index (χ2n) is 17.8. The van der Waals surface area contributed by atoms with Crippen molar-refractivity contribution in [2.24, 2.45) is 0 Å². The summed E-state index contributed by atoms with van der Waals surface area (Å²) >= 11 is 0. The lowest BCUT2D eigenvalue weighted by atomic mass is 10.00. The van der Waals surface area contributed by atoms with Crippen LogP contribution in [-0.2, 0) is 38.7 Å². The van der Waals surface area contributed by atoms with Gasteiger partial charge in [0.15, 0.2) is 12.4 Å². The average Bonchev–Trinajstić information content (AvgIpc) is 3.28. The second kappa shape index (κ2) is 42.5. The van der Waals surface area contributed by atoms with E-state index in [1.807, 2.05) is 0 Å². The number of ether oxygens (including phenoxy) is 4. The molecule has 0 aliphatic carbocycles. The number of carbonyl (C=O) groups excluding carboxylic acids is 2. The molecule has 0 radical (unpaired) electrons. The number of esters is 2. The number of unbranched alkanes of at least 4 members (excludes halogenated alkanes) is 21. The highest BCUT2D eigenvalue weighted by molar-refractivity contribution is 7.85. The van der Waals surface area contributed by atoms with Crippen molar-refractivity contribution in [2.45, 2.75) is 243 Å². The van der Waals surface area contributed by atoms with E-state index >= 15 is 0 Å². The molecule has 382 valence electrons. The van der Waals surface area contributed by atoms with Crippen molar-refractivity contribution in [3.63, 3.8) is 0 Å². The topological polar surface area (TPSA) is 186 Å². The van der Waals surface area contributed by atoms with Crippen molar-refractivity contribution >= 4 is 22.1 Å². The molecule has 0 amide bonds.